The summed E-state index contributed by atoms with van der Waals surface area (Å²) in [5.41, 5.74) is -0.706. The number of hydrogen-bond acceptors (Lipinski definition) is 3. The Morgan fingerprint density at radius 2 is 2.24 bits per heavy atom. The number of likely N-dealkylation sites (tertiary alicyclic amines) is 1. The van der Waals surface area contributed by atoms with Gasteiger partial charge in [-0.15, -0.1) is 0 Å². The maximum absolute atomic E-state index is 12.4. The Labute approximate surface area is 103 Å². The molecule has 4 nitrogen and oxygen atoms in total. The number of carbonyl (C=O) groups excluding carboxylic acids is 1. The Morgan fingerprint density at radius 3 is 2.82 bits per heavy atom. The molecular formula is C13H20N2O2. The van der Waals surface area contributed by atoms with E-state index in [0.717, 1.165) is 45.2 Å². The quantitative estimate of drug-likeness (QED) is 0.747. The Hall–Kier alpha value is -1.08. The van der Waals surface area contributed by atoms with Gasteiger partial charge in [0, 0.05) is 26.1 Å². The van der Waals surface area contributed by atoms with Crippen LogP contribution in [0.15, 0.2) is 0 Å². The minimum absolute atomic E-state index is 0.0658. The standard InChI is InChI=1S/C13H20N2O2/c1-17-9-11-4-7-15(8-11)12(16)13(10-14)5-2-3-6-13/h11H,2-9H2,1H3. The largest absolute Gasteiger partial charge is 0.384 e. The van der Waals surface area contributed by atoms with Crippen LogP contribution in [0.3, 0.4) is 0 Å². The highest BCUT2D eigenvalue weighted by Gasteiger charge is 2.45. The molecule has 4 heteroatoms. The molecule has 17 heavy (non-hydrogen) atoms. The topological polar surface area (TPSA) is 53.3 Å². The van der Waals surface area contributed by atoms with E-state index < -0.39 is 5.41 Å². The molecular weight excluding hydrogens is 216 g/mol. The average molecular weight is 236 g/mol. The van der Waals surface area contributed by atoms with Crippen molar-refractivity contribution in [3.05, 3.63) is 0 Å². The molecule has 1 saturated heterocycles. The van der Waals surface area contributed by atoms with Crippen LogP contribution in [0, 0.1) is 22.7 Å². The summed E-state index contributed by atoms with van der Waals surface area (Å²) in [5.74, 6) is 0.511. The summed E-state index contributed by atoms with van der Waals surface area (Å²) < 4.78 is 5.13. The van der Waals surface area contributed by atoms with Gasteiger partial charge in [-0.2, -0.15) is 5.26 Å². The highest BCUT2D eigenvalue weighted by Crippen LogP contribution is 2.40. The molecule has 0 N–H and O–H groups in total. The minimum atomic E-state index is -0.706. The van der Waals surface area contributed by atoms with Crippen LogP contribution in [-0.4, -0.2) is 37.6 Å². The van der Waals surface area contributed by atoms with Crippen LogP contribution in [0.1, 0.15) is 32.1 Å². The van der Waals surface area contributed by atoms with Crippen molar-refractivity contribution in [2.24, 2.45) is 11.3 Å². The zero-order valence-corrected chi connectivity index (χ0v) is 10.4. The fraction of sp³-hybridized carbons (Fsp3) is 0.846. The van der Waals surface area contributed by atoms with Gasteiger partial charge in [-0.25, -0.2) is 0 Å². The Morgan fingerprint density at radius 1 is 1.53 bits per heavy atom. The van der Waals surface area contributed by atoms with E-state index in [1.807, 2.05) is 4.90 Å². The molecule has 2 rings (SSSR count). The van der Waals surface area contributed by atoms with Gasteiger partial charge in [0.2, 0.25) is 5.91 Å². The van der Waals surface area contributed by atoms with Crippen molar-refractivity contribution < 1.29 is 9.53 Å². The molecule has 1 unspecified atom stereocenters. The normalized spacial score (nSPS) is 27.1. The molecule has 94 valence electrons. The number of methoxy groups -OCH3 is 1. The van der Waals surface area contributed by atoms with Crippen LogP contribution < -0.4 is 0 Å². The maximum atomic E-state index is 12.4. The van der Waals surface area contributed by atoms with Gasteiger partial charge in [-0.05, 0) is 19.3 Å². The van der Waals surface area contributed by atoms with Gasteiger partial charge in [0.05, 0.1) is 12.7 Å². The fourth-order valence-electron chi connectivity index (χ4n) is 3.04. The zero-order valence-electron chi connectivity index (χ0n) is 10.4. The van der Waals surface area contributed by atoms with Gasteiger partial charge in [-0.1, -0.05) is 12.8 Å². The molecule has 2 fully saturated rings. The molecule has 1 aliphatic heterocycles. The molecule has 0 aromatic heterocycles. The molecule has 1 atom stereocenters. The van der Waals surface area contributed by atoms with Crippen molar-refractivity contribution in [1.82, 2.24) is 4.90 Å². The van der Waals surface area contributed by atoms with E-state index >= 15 is 0 Å². The molecule has 1 amide bonds. The smallest absolute Gasteiger partial charge is 0.243 e. The fourth-order valence-corrected chi connectivity index (χ4v) is 3.04. The summed E-state index contributed by atoms with van der Waals surface area (Å²) >= 11 is 0. The molecule has 0 aromatic carbocycles. The Kier molecular flexibility index (Phi) is 3.68. The average Bonchev–Trinajstić information content (AvgIpc) is 2.98. The van der Waals surface area contributed by atoms with Crippen LogP contribution in [0.2, 0.25) is 0 Å². The van der Waals surface area contributed by atoms with Crippen LogP contribution in [-0.2, 0) is 9.53 Å². The number of ether oxygens (including phenoxy) is 1. The predicted octanol–water partition coefficient (Wildman–Crippen LogP) is 1.57. The van der Waals surface area contributed by atoms with Crippen LogP contribution in [0.5, 0.6) is 0 Å². The molecule has 1 saturated carbocycles. The van der Waals surface area contributed by atoms with Gasteiger partial charge >= 0.3 is 0 Å². The van der Waals surface area contributed by atoms with E-state index in [0.29, 0.717) is 12.5 Å². The third kappa shape index (κ3) is 2.30. The summed E-state index contributed by atoms with van der Waals surface area (Å²) in [6.07, 6.45) is 4.51. The summed E-state index contributed by atoms with van der Waals surface area (Å²) in [4.78, 5) is 14.3. The number of nitriles is 1. The van der Waals surface area contributed by atoms with E-state index in [2.05, 4.69) is 6.07 Å². The lowest BCUT2D eigenvalue weighted by Gasteiger charge is -2.26. The van der Waals surface area contributed by atoms with E-state index in [9.17, 15) is 10.1 Å². The third-order valence-electron chi connectivity index (χ3n) is 4.06. The van der Waals surface area contributed by atoms with Crippen molar-refractivity contribution in [3.8, 4) is 6.07 Å². The second-order valence-electron chi connectivity index (χ2n) is 5.26. The molecule has 0 aromatic rings. The number of carbonyl (C=O) groups is 1. The van der Waals surface area contributed by atoms with Crippen molar-refractivity contribution >= 4 is 5.91 Å². The Bertz CT molecular complexity index is 329. The second-order valence-corrected chi connectivity index (χ2v) is 5.26. The SMILES string of the molecule is COCC1CCN(C(=O)C2(C#N)CCCC2)C1. The van der Waals surface area contributed by atoms with Gasteiger partial charge in [-0.3, -0.25) is 4.79 Å². The lowest BCUT2D eigenvalue weighted by Crippen LogP contribution is -2.40. The van der Waals surface area contributed by atoms with Crippen molar-refractivity contribution in [1.29, 1.82) is 5.26 Å². The lowest BCUT2D eigenvalue weighted by atomic mass is 9.86. The van der Waals surface area contributed by atoms with Gasteiger partial charge in [0.15, 0.2) is 0 Å². The summed E-state index contributed by atoms with van der Waals surface area (Å²) in [6, 6.07) is 2.28. The van der Waals surface area contributed by atoms with Crippen LogP contribution in [0.4, 0.5) is 0 Å². The first-order valence-electron chi connectivity index (χ1n) is 6.41. The molecule has 0 bridgehead atoms. The molecule has 1 aliphatic carbocycles. The van der Waals surface area contributed by atoms with Gasteiger partial charge in [0.25, 0.3) is 0 Å². The summed E-state index contributed by atoms with van der Waals surface area (Å²) in [7, 11) is 1.69. The van der Waals surface area contributed by atoms with Crippen molar-refractivity contribution in [3.63, 3.8) is 0 Å². The van der Waals surface area contributed by atoms with Gasteiger partial charge < -0.3 is 9.64 Å². The lowest BCUT2D eigenvalue weighted by molar-refractivity contribution is -0.137. The maximum Gasteiger partial charge on any atom is 0.243 e. The molecule has 1 heterocycles. The third-order valence-corrected chi connectivity index (χ3v) is 4.06. The molecule has 0 spiro atoms. The second kappa shape index (κ2) is 5.05. The van der Waals surface area contributed by atoms with E-state index in [4.69, 9.17) is 4.74 Å². The number of rotatable bonds is 3. The van der Waals surface area contributed by atoms with Crippen LogP contribution >= 0.6 is 0 Å². The first-order valence-corrected chi connectivity index (χ1v) is 6.41. The van der Waals surface area contributed by atoms with E-state index in [1.165, 1.54) is 0 Å². The van der Waals surface area contributed by atoms with E-state index in [-0.39, 0.29) is 5.91 Å². The van der Waals surface area contributed by atoms with Crippen molar-refractivity contribution in [2.45, 2.75) is 32.1 Å². The van der Waals surface area contributed by atoms with Gasteiger partial charge in [0.1, 0.15) is 5.41 Å². The summed E-state index contributed by atoms with van der Waals surface area (Å²) in [6.45, 7) is 2.26. The van der Waals surface area contributed by atoms with E-state index in [1.54, 1.807) is 7.11 Å². The monoisotopic (exact) mass is 236 g/mol. The minimum Gasteiger partial charge on any atom is -0.384 e. The molecule has 0 radical (unpaired) electrons. The zero-order chi connectivity index (χ0) is 12.3. The predicted molar refractivity (Wildman–Crippen MR) is 63.1 cm³/mol. The molecule has 2 aliphatic rings. The number of hydrogen-bond donors (Lipinski definition) is 0. The first kappa shape index (κ1) is 12.4. The Balaban J connectivity index is 1.99. The number of amides is 1. The van der Waals surface area contributed by atoms with Crippen molar-refractivity contribution in [2.75, 3.05) is 26.8 Å². The van der Waals surface area contributed by atoms with Crippen LogP contribution in [0.25, 0.3) is 0 Å². The summed E-state index contributed by atoms with van der Waals surface area (Å²) in [5, 5.41) is 9.29. The first-order chi connectivity index (χ1) is 8.22. The highest BCUT2D eigenvalue weighted by atomic mass is 16.5. The highest BCUT2D eigenvalue weighted by molar-refractivity contribution is 5.86. The number of nitrogens with zero attached hydrogens (tertiary/aromatic N) is 2.